The van der Waals surface area contributed by atoms with Gasteiger partial charge in [0, 0.05) is 44.6 Å². The highest BCUT2D eigenvalue weighted by atomic mass is 16.2. The normalized spacial score (nSPS) is 30.6. The van der Waals surface area contributed by atoms with E-state index >= 15 is 0 Å². The number of likely N-dealkylation sites (tertiary alicyclic amines) is 2. The zero-order valence-electron chi connectivity index (χ0n) is 10.9. The van der Waals surface area contributed by atoms with Gasteiger partial charge < -0.3 is 4.90 Å². The molecule has 1 aliphatic carbocycles. The first-order valence-electron chi connectivity index (χ1n) is 7.10. The molecule has 2 saturated heterocycles. The van der Waals surface area contributed by atoms with Crippen LogP contribution in [0.3, 0.4) is 0 Å². The third-order valence-electron chi connectivity index (χ3n) is 4.65. The predicted octanol–water partition coefficient (Wildman–Crippen LogP) is 0.643. The summed E-state index contributed by atoms with van der Waals surface area (Å²) in [5.41, 5.74) is 0.474. The van der Waals surface area contributed by atoms with Crippen molar-refractivity contribution in [3.63, 3.8) is 0 Å². The first-order valence-corrected chi connectivity index (χ1v) is 7.10. The summed E-state index contributed by atoms with van der Waals surface area (Å²) in [6.07, 6.45) is 7.50. The smallest absolute Gasteiger partial charge is 0.274 e. The minimum atomic E-state index is 0.0421. The fraction of sp³-hybridized carbons (Fsp3) is 0.643. The summed E-state index contributed by atoms with van der Waals surface area (Å²) in [6.45, 7) is 4.14. The SMILES string of the molecule is O=C(c1cnccn1)N1CC2CN(C3CC3)CC2C1. The van der Waals surface area contributed by atoms with Crippen molar-refractivity contribution in [2.75, 3.05) is 26.2 Å². The summed E-state index contributed by atoms with van der Waals surface area (Å²) < 4.78 is 0. The molecular weight excluding hydrogens is 240 g/mol. The van der Waals surface area contributed by atoms with Gasteiger partial charge in [-0.05, 0) is 24.7 Å². The standard InChI is InChI=1S/C14H18N4O/c19-14(13-5-15-3-4-16-13)18-8-10-6-17(12-1-2-12)7-11(10)9-18/h3-5,10-12H,1-2,6-9H2. The molecule has 19 heavy (non-hydrogen) atoms. The van der Waals surface area contributed by atoms with E-state index in [0.29, 0.717) is 17.5 Å². The lowest BCUT2D eigenvalue weighted by Gasteiger charge is -2.20. The number of fused-ring (bicyclic) bond motifs is 1. The van der Waals surface area contributed by atoms with E-state index in [9.17, 15) is 4.79 Å². The zero-order chi connectivity index (χ0) is 12.8. The van der Waals surface area contributed by atoms with E-state index in [1.807, 2.05) is 4.90 Å². The van der Waals surface area contributed by atoms with E-state index < -0.39 is 0 Å². The van der Waals surface area contributed by atoms with Crippen LogP contribution in [0.4, 0.5) is 0 Å². The number of hydrogen-bond acceptors (Lipinski definition) is 4. The molecule has 100 valence electrons. The van der Waals surface area contributed by atoms with E-state index in [-0.39, 0.29) is 5.91 Å². The van der Waals surface area contributed by atoms with Crippen LogP contribution >= 0.6 is 0 Å². The molecule has 1 aromatic heterocycles. The quantitative estimate of drug-likeness (QED) is 0.781. The van der Waals surface area contributed by atoms with Crippen LogP contribution in [0.5, 0.6) is 0 Å². The lowest BCUT2D eigenvalue weighted by atomic mass is 10.0. The van der Waals surface area contributed by atoms with Crippen LogP contribution in [-0.2, 0) is 0 Å². The van der Waals surface area contributed by atoms with Crippen molar-refractivity contribution in [2.45, 2.75) is 18.9 Å². The second-order valence-electron chi connectivity index (χ2n) is 6.01. The Morgan fingerprint density at radius 3 is 2.42 bits per heavy atom. The Morgan fingerprint density at radius 2 is 1.84 bits per heavy atom. The van der Waals surface area contributed by atoms with E-state index in [4.69, 9.17) is 0 Å². The molecule has 0 spiro atoms. The molecule has 2 aliphatic heterocycles. The average molecular weight is 258 g/mol. The number of nitrogens with zero attached hydrogens (tertiary/aromatic N) is 4. The van der Waals surface area contributed by atoms with Crippen molar-refractivity contribution in [3.05, 3.63) is 24.3 Å². The molecule has 1 saturated carbocycles. The van der Waals surface area contributed by atoms with Crippen molar-refractivity contribution in [2.24, 2.45) is 11.8 Å². The van der Waals surface area contributed by atoms with Gasteiger partial charge in [0.2, 0.25) is 0 Å². The molecule has 5 nitrogen and oxygen atoms in total. The van der Waals surface area contributed by atoms with E-state index in [2.05, 4.69) is 14.9 Å². The number of carbonyl (C=O) groups is 1. The number of hydrogen-bond donors (Lipinski definition) is 0. The molecule has 3 fully saturated rings. The van der Waals surface area contributed by atoms with Crippen LogP contribution in [0.25, 0.3) is 0 Å². The monoisotopic (exact) mass is 258 g/mol. The Kier molecular flexibility index (Phi) is 2.55. The van der Waals surface area contributed by atoms with Crippen LogP contribution in [0.1, 0.15) is 23.3 Å². The zero-order valence-corrected chi connectivity index (χ0v) is 10.9. The van der Waals surface area contributed by atoms with Crippen molar-refractivity contribution in [1.82, 2.24) is 19.8 Å². The third kappa shape index (κ3) is 2.02. The van der Waals surface area contributed by atoms with E-state index in [0.717, 1.165) is 19.1 Å². The summed E-state index contributed by atoms with van der Waals surface area (Å²) in [5, 5.41) is 0. The van der Waals surface area contributed by atoms with Gasteiger partial charge in [0.05, 0.1) is 6.20 Å². The van der Waals surface area contributed by atoms with E-state index in [1.165, 1.54) is 25.9 Å². The van der Waals surface area contributed by atoms with Crippen LogP contribution in [0.15, 0.2) is 18.6 Å². The Hall–Kier alpha value is -1.49. The highest BCUT2D eigenvalue weighted by Gasteiger charge is 2.45. The number of amides is 1. The molecule has 4 rings (SSSR count). The Bertz CT molecular complexity index is 473. The predicted molar refractivity (Wildman–Crippen MR) is 69.5 cm³/mol. The maximum Gasteiger partial charge on any atom is 0.274 e. The van der Waals surface area contributed by atoms with Gasteiger partial charge in [-0.25, -0.2) is 4.98 Å². The fourth-order valence-electron chi connectivity index (χ4n) is 3.50. The lowest BCUT2D eigenvalue weighted by Crippen LogP contribution is -2.34. The Labute approximate surface area is 112 Å². The molecule has 5 heteroatoms. The largest absolute Gasteiger partial charge is 0.337 e. The van der Waals surface area contributed by atoms with Crippen molar-refractivity contribution >= 4 is 5.91 Å². The molecule has 2 unspecified atom stereocenters. The fourth-order valence-corrected chi connectivity index (χ4v) is 3.50. The summed E-state index contributed by atoms with van der Waals surface area (Å²) in [7, 11) is 0. The molecule has 3 aliphatic rings. The molecule has 0 aromatic carbocycles. The first-order chi connectivity index (χ1) is 9.31. The van der Waals surface area contributed by atoms with Gasteiger partial charge in [0.1, 0.15) is 5.69 Å². The van der Waals surface area contributed by atoms with Crippen LogP contribution in [0, 0.1) is 11.8 Å². The second kappa shape index (κ2) is 4.27. The van der Waals surface area contributed by atoms with Gasteiger partial charge in [0.15, 0.2) is 0 Å². The number of rotatable bonds is 2. The summed E-state index contributed by atoms with van der Waals surface area (Å²) >= 11 is 0. The average Bonchev–Trinajstić information content (AvgIpc) is 3.10. The third-order valence-corrected chi connectivity index (χ3v) is 4.65. The lowest BCUT2D eigenvalue weighted by molar-refractivity contribution is 0.0767. The number of carbonyl (C=O) groups excluding carboxylic acids is 1. The van der Waals surface area contributed by atoms with Gasteiger partial charge in [0.25, 0.3) is 5.91 Å². The molecule has 1 amide bonds. The summed E-state index contributed by atoms with van der Waals surface area (Å²) in [5.74, 6) is 1.38. The van der Waals surface area contributed by atoms with Crippen LogP contribution < -0.4 is 0 Å². The van der Waals surface area contributed by atoms with Crippen molar-refractivity contribution < 1.29 is 4.79 Å². The van der Waals surface area contributed by atoms with Crippen LogP contribution in [-0.4, -0.2) is 57.9 Å². The first kappa shape index (κ1) is 11.3. The maximum absolute atomic E-state index is 12.3. The minimum Gasteiger partial charge on any atom is -0.337 e. The van der Waals surface area contributed by atoms with Crippen LogP contribution in [0.2, 0.25) is 0 Å². The maximum atomic E-state index is 12.3. The Morgan fingerprint density at radius 1 is 1.11 bits per heavy atom. The van der Waals surface area contributed by atoms with Gasteiger partial charge in [-0.1, -0.05) is 0 Å². The molecule has 0 bridgehead atoms. The highest BCUT2D eigenvalue weighted by molar-refractivity contribution is 5.92. The number of aromatic nitrogens is 2. The second-order valence-corrected chi connectivity index (χ2v) is 6.01. The van der Waals surface area contributed by atoms with Crippen molar-refractivity contribution in [1.29, 1.82) is 0 Å². The topological polar surface area (TPSA) is 49.3 Å². The van der Waals surface area contributed by atoms with Crippen molar-refractivity contribution in [3.8, 4) is 0 Å². The highest BCUT2D eigenvalue weighted by Crippen LogP contribution is 2.38. The Balaban J connectivity index is 1.42. The summed E-state index contributed by atoms with van der Waals surface area (Å²) in [4.78, 5) is 25.0. The molecule has 3 heterocycles. The van der Waals surface area contributed by atoms with Gasteiger partial charge in [-0.15, -0.1) is 0 Å². The van der Waals surface area contributed by atoms with Gasteiger partial charge >= 0.3 is 0 Å². The molecule has 0 radical (unpaired) electrons. The molecule has 1 aromatic rings. The molecule has 0 N–H and O–H groups in total. The van der Waals surface area contributed by atoms with E-state index in [1.54, 1.807) is 18.6 Å². The molecular formula is C14H18N4O. The summed E-state index contributed by atoms with van der Waals surface area (Å²) in [6, 6.07) is 0.856. The molecule has 2 atom stereocenters. The van der Waals surface area contributed by atoms with Gasteiger partial charge in [-0.2, -0.15) is 0 Å². The minimum absolute atomic E-state index is 0.0421. The van der Waals surface area contributed by atoms with Gasteiger partial charge in [-0.3, -0.25) is 14.7 Å².